The summed E-state index contributed by atoms with van der Waals surface area (Å²) >= 11 is 1.39. The van der Waals surface area contributed by atoms with Crippen molar-refractivity contribution in [3.63, 3.8) is 0 Å². The molecule has 0 spiro atoms. The van der Waals surface area contributed by atoms with E-state index in [2.05, 4.69) is 16.4 Å². The fourth-order valence-corrected chi connectivity index (χ4v) is 4.39. The summed E-state index contributed by atoms with van der Waals surface area (Å²) in [6, 6.07) is 9.80. The van der Waals surface area contributed by atoms with Gasteiger partial charge in [0.15, 0.2) is 0 Å². The van der Waals surface area contributed by atoms with Crippen molar-refractivity contribution in [1.82, 2.24) is 4.72 Å². The second kappa shape index (κ2) is 8.41. The average molecular weight is 367 g/mol. The summed E-state index contributed by atoms with van der Waals surface area (Å²) in [5.41, 5.74) is 1.10. The topological polar surface area (TPSA) is 72.5 Å². The van der Waals surface area contributed by atoms with Crippen LogP contribution in [0.1, 0.15) is 36.2 Å². The maximum Gasteiger partial charge on any atom is 0.307 e. The summed E-state index contributed by atoms with van der Waals surface area (Å²) in [4.78, 5) is 12.6. The van der Waals surface area contributed by atoms with Crippen molar-refractivity contribution < 1.29 is 17.9 Å². The van der Waals surface area contributed by atoms with Gasteiger partial charge < -0.3 is 4.74 Å². The van der Waals surface area contributed by atoms with Crippen LogP contribution >= 0.6 is 11.3 Å². The zero-order valence-electron chi connectivity index (χ0n) is 13.7. The molecular formula is C17H21NO4S2. The molecule has 24 heavy (non-hydrogen) atoms. The number of ether oxygens (including phenoxy) is 1. The number of sulfonamides is 1. The largest absolute Gasteiger partial charge is 0.469 e. The molecule has 130 valence electrons. The van der Waals surface area contributed by atoms with Crippen LogP contribution in [0.25, 0.3) is 0 Å². The second-order valence-electron chi connectivity index (χ2n) is 5.36. The fraction of sp³-hybridized carbons (Fsp3) is 0.353. The highest BCUT2D eigenvalue weighted by Crippen LogP contribution is 2.25. The Balaban J connectivity index is 2.21. The highest BCUT2D eigenvalue weighted by molar-refractivity contribution is 7.89. The van der Waals surface area contributed by atoms with Gasteiger partial charge in [0.2, 0.25) is 10.0 Å². The molecule has 1 atom stereocenters. The number of hydrogen-bond acceptors (Lipinski definition) is 5. The van der Waals surface area contributed by atoms with Gasteiger partial charge in [-0.15, -0.1) is 11.3 Å². The molecule has 5 nitrogen and oxygen atoms in total. The summed E-state index contributed by atoms with van der Waals surface area (Å²) in [5, 5.41) is 1.84. The van der Waals surface area contributed by atoms with E-state index >= 15 is 0 Å². The molecular weight excluding hydrogens is 346 g/mol. The summed E-state index contributed by atoms with van der Waals surface area (Å²) in [7, 11) is -2.44. The number of rotatable bonds is 8. The van der Waals surface area contributed by atoms with Gasteiger partial charge in [0.1, 0.15) is 0 Å². The minimum atomic E-state index is -3.72. The Morgan fingerprint density at radius 3 is 2.50 bits per heavy atom. The van der Waals surface area contributed by atoms with Crippen LogP contribution in [0.4, 0.5) is 0 Å². The predicted molar refractivity (Wildman–Crippen MR) is 94.5 cm³/mol. The van der Waals surface area contributed by atoms with Crippen LogP contribution in [0.2, 0.25) is 0 Å². The van der Waals surface area contributed by atoms with E-state index in [1.165, 1.54) is 18.4 Å². The highest BCUT2D eigenvalue weighted by Gasteiger charge is 2.24. The van der Waals surface area contributed by atoms with E-state index in [9.17, 15) is 13.2 Å². The molecule has 7 heteroatoms. The standard InChI is InChI=1S/C17H21NO4S2/c1-3-5-13-7-9-14(10-8-13)24(20,21)18-15(12-17(19)22-2)16-6-4-11-23-16/h4,6-11,15,18H,3,5,12H2,1-2H3. The Morgan fingerprint density at radius 1 is 1.25 bits per heavy atom. The number of nitrogens with one attached hydrogen (secondary N) is 1. The lowest BCUT2D eigenvalue weighted by Crippen LogP contribution is -2.30. The average Bonchev–Trinajstić information content (AvgIpc) is 3.09. The number of methoxy groups -OCH3 is 1. The number of esters is 1. The van der Waals surface area contributed by atoms with Crippen molar-refractivity contribution >= 4 is 27.3 Å². The first-order valence-electron chi connectivity index (χ1n) is 7.67. The lowest BCUT2D eigenvalue weighted by Gasteiger charge is -2.16. The smallest absolute Gasteiger partial charge is 0.307 e. The van der Waals surface area contributed by atoms with Gasteiger partial charge in [0, 0.05) is 4.88 Å². The first-order valence-corrected chi connectivity index (χ1v) is 10.0. The van der Waals surface area contributed by atoms with Gasteiger partial charge in [-0.25, -0.2) is 13.1 Å². The van der Waals surface area contributed by atoms with Gasteiger partial charge in [-0.05, 0) is 35.6 Å². The normalized spacial score (nSPS) is 12.8. The molecule has 0 aliphatic carbocycles. The molecule has 2 rings (SSSR count). The third-order valence-electron chi connectivity index (χ3n) is 3.55. The molecule has 1 aromatic carbocycles. The van der Waals surface area contributed by atoms with Crippen LogP contribution in [0.3, 0.4) is 0 Å². The summed E-state index contributed by atoms with van der Waals surface area (Å²) in [5.74, 6) is -0.464. The third-order valence-corrected chi connectivity index (χ3v) is 6.03. The van der Waals surface area contributed by atoms with Crippen LogP contribution in [-0.2, 0) is 26.0 Å². The van der Waals surface area contributed by atoms with Gasteiger partial charge in [-0.3, -0.25) is 4.79 Å². The van der Waals surface area contributed by atoms with Crippen molar-refractivity contribution in [2.75, 3.05) is 7.11 Å². The first-order chi connectivity index (χ1) is 11.5. The molecule has 0 saturated carbocycles. The molecule has 0 saturated heterocycles. The SMILES string of the molecule is CCCc1ccc(S(=O)(=O)NC(CC(=O)OC)c2cccs2)cc1. The lowest BCUT2D eigenvalue weighted by atomic mass is 10.1. The van der Waals surface area contributed by atoms with Crippen LogP contribution in [0.15, 0.2) is 46.7 Å². The summed E-state index contributed by atoms with van der Waals surface area (Å²) in [6.45, 7) is 2.07. The van der Waals surface area contributed by atoms with Crippen molar-refractivity contribution in [2.24, 2.45) is 0 Å². The van der Waals surface area contributed by atoms with Crippen molar-refractivity contribution in [1.29, 1.82) is 0 Å². The van der Waals surface area contributed by atoms with E-state index < -0.39 is 22.0 Å². The molecule has 2 aromatic rings. The fourth-order valence-electron chi connectivity index (χ4n) is 2.32. The van der Waals surface area contributed by atoms with Gasteiger partial charge in [-0.1, -0.05) is 31.5 Å². The number of benzene rings is 1. The molecule has 0 aliphatic rings. The number of aryl methyl sites for hydroxylation is 1. The van der Waals surface area contributed by atoms with Crippen LogP contribution in [-0.4, -0.2) is 21.5 Å². The Bertz CT molecular complexity index is 752. The Morgan fingerprint density at radius 2 is 1.96 bits per heavy atom. The Kier molecular flexibility index (Phi) is 6.53. The van der Waals surface area contributed by atoms with Gasteiger partial charge in [0.05, 0.1) is 24.5 Å². The second-order valence-corrected chi connectivity index (χ2v) is 8.06. The van der Waals surface area contributed by atoms with Gasteiger partial charge in [0.25, 0.3) is 0 Å². The maximum atomic E-state index is 12.6. The van der Waals surface area contributed by atoms with E-state index in [1.54, 1.807) is 18.2 Å². The lowest BCUT2D eigenvalue weighted by molar-refractivity contribution is -0.141. The molecule has 0 fully saturated rings. The van der Waals surface area contributed by atoms with Gasteiger partial charge >= 0.3 is 5.97 Å². The van der Waals surface area contributed by atoms with E-state index in [-0.39, 0.29) is 11.3 Å². The molecule has 1 unspecified atom stereocenters. The van der Waals surface area contributed by atoms with Crippen molar-refractivity contribution in [2.45, 2.75) is 37.1 Å². The first kappa shape index (κ1) is 18.6. The van der Waals surface area contributed by atoms with E-state index in [4.69, 9.17) is 0 Å². The Hall–Kier alpha value is -1.70. The van der Waals surface area contributed by atoms with Crippen LogP contribution in [0, 0.1) is 0 Å². The summed E-state index contributed by atoms with van der Waals surface area (Å²) < 4.78 is 32.5. The number of carbonyl (C=O) groups excluding carboxylic acids is 1. The van der Waals surface area contributed by atoms with E-state index in [0.29, 0.717) is 0 Å². The zero-order chi connectivity index (χ0) is 17.6. The van der Waals surface area contributed by atoms with Crippen molar-refractivity contribution in [3.05, 3.63) is 52.2 Å². The predicted octanol–water partition coefficient (Wildman–Crippen LogP) is 3.28. The quantitative estimate of drug-likeness (QED) is 0.727. The Labute approximate surface area is 146 Å². The molecule has 1 aromatic heterocycles. The van der Waals surface area contributed by atoms with Crippen LogP contribution < -0.4 is 4.72 Å². The maximum absolute atomic E-state index is 12.6. The number of hydrogen-bond donors (Lipinski definition) is 1. The van der Waals surface area contributed by atoms with E-state index in [1.807, 2.05) is 23.6 Å². The molecule has 1 heterocycles. The molecule has 0 radical (unpaired) electrons. The van der Waals surface area contributed by atoms with Crippen LogP contribution in [0.5, 0.6) is 0 Å². The minimum absolute atomic E-state index is 0.0514. The number of thiophene rings is 1. The number of carbonyl (C=O) groups is 1. The zero-order valence-corrected chi connectivity index (χ0v) is 15.3. The minimum Gasteiger partial charge on any atom is -0.469 e. The third kappa shape index (κ3) is 4.90. The van der Waals surface area contributed by atoms with Gasteiger partial charge in [-0.2, -0.15) is 0 Å². The monoisotopic (exact) mass is 367 g/mol. The van der Waals surface area contributed by atoms with E-state index in [0.717, 1.165) is 23.3 Å². The molecule has 0 bridgehead atoms. The summed E-state index contributed by atoms with van der Waals surface area (Å²) in [6.07, 6.45) is 1.86. The molecule has 1 N–H and O–H groups in total. The molecule has 0 amide bonds. The highest BCUT2D eigenvalue weighted by atomic mass is 32.2. The molecule has 0 aliphatic heterocycles. The van der Waals surface area contributed by atoms with Crippen molar-refractivity contribution in [3.8, 4) is 0 Å².